The Labute approximate surface area is 108 Å². The highest BCUT2D eigenvalue weighted by molar-refractivity contribution is 5.82. The van der Waals surface area contributed by atoms with E-state index in [1.807, 2.05) is 32.6 Å². The van der Waals surface area contributed by atoms with E-state index in [1.54, 1.807) is 0 Å². The van der Waals surface area contributed by atoms with Gasteiger partial charge in [0.25, 0.3) is 0 Å². The molecule has 1 rings (SSSR count). The Hall–Kier alpha value is -1.14. The van der Waals surface area contributed by atoms with Gasteiger partial charge in [0.1, 0.15) is 6.10 Å². The standard InChI is InChI=1S/C12H23N3O3/c1-8(11(17)14-12(2,3)4)15-5-6-18-9(7-15)10(13)16/h8-9H,5-7H2,1-4H3,(H2,13,16)(H,14,17). The van der Waals surface area contributed by atoms with E-state index in [1.165, 1.54) is 0 Å². The Bertz CT molecular complexity index is 325. The van der Waals surface area contributed by atoms with Crippen LogP contribution in [0.5, 0.6) is 0 Å². The van der Waals surface area contributed by atoms with Crippen LogP contribution in [0.4, 0.5) is 0 Å². The second kappa shape index (κ2) is 5.67. The molecule has 0 bridgehead atoms. The average Bonchev–Trinajstić information content (AvgIpc) is 2.26. The third-order valence-electron chi connectivity index (χ3n) is 2.84. The molecule has 2 atom stereocenters. The summed E-state index contributed by atoms with van der Waals surface area (Å²) in [6, 6.07) is -0.296. The number of carbonyl (C=O) groups is 2. The lowest BCUT2D eigenvalue weighted by molar-refractivity contribution is -0.141. The summed E-state index contributed by atoms with van der Waals surface area (Å²) >= 11 is 0. The zero-order valence-electron chi connectivity index (χ0n) is 11.5. The summed E-state index contributed by atoms with van der Waals surface area (Å²) in [7, 11) is 0. The molecule has 0 spiro atoms. The summed E-state index contributed by atoms with van der Waals surface area (Å²) in [6.07, 6.45) is -0.622. The van der Waals surface area contributed by atoms with E-state index in [4.69, 9.17) is 10.5 Å². The quantitative estimate of drug-likeness (QED) is 0.712. The van der Waals surface area contributed by atoms with E-state index in [9.17, 15) is 9.59 Å². The Morgan fingerprint density at radius 2 is 2.06 bits per heavy atom. The van der Waals surface area contributed by atoms with Crippen molar-refractivity contribution >= 4 is 11.8 Å². The van der Waals surface area contributed by atoms with Crippen LogP contribution in [0.15, 0.2) is 0 Å². The van der Waals surface area contributed by atoms with Crippen LogP contribution in [0.2, 0.25) is 0 Å². The normalized spacial score (nSPS) is 23.4. The van der Waals surface area contributed by atoms with Crippen molar-refractivity contribution in [3.63, 3.8) is 0 Å². The van der Waals surface area contributed by atoms with Crippen molar-refractivity contribution in [2.24, 2.45) is 5.73 Å². The molecule has 18 heavy (non-hydrogen) atoms. The molecule has 0 aromatic carbocycles. The van der Waals surface area contributed by atoms with E-state index in [2.05, 4.69) is 5.32 Å². The largest absolute Gasteiger partial charge is 0.367 e. The maximum Gasteiger partial charge on any atom is 0.247 e. The van der Waals surface area contributed by atoms with Gasteiger partial charge in [-0.15, -0.1) is 0 Å². The number of ether oxygens (including phenoxy) is 1. The van der Waals surface area contributed by atoms with Crippen molar-refractivity contribution in [3.8, 4) is 0 Å². The third kappa shape index (κ3) is 4.27. The van der Waals surface area contributed by atoms with Crippen LogP contribution < -0.4 is 11.1 Å². The molecule has 2 unspecified atom stereocenters. The molecule has 1 aliphatic rings. The van der Waals surface area contributed by atoms with Gasteiger partial charge in [0.05, 0.1) is 12.6 Å². The van der Waals surface area contributed by atoms with Gasteiger partial charge in [-0.2, -0.15) is 0 Å². The molecule has 0 aromatic heterocycles. The zero-order chi connectivity index (χ0) is 13.9. The summed E-state index contributed by atoms with van der Waals surface area (Å²) < 4.78 is 5.25. The summed E-state index contributed by atoms with van der Waals surface area (Å²) in [6.45, 7) is 9.04. The molecule has 0 saturated carbocycles. The molecular formula is C12H23N3O3. The van der Waals surface area contributed by atoms with Gasteiger partial charge in [-0.3, -0.25) is 14.5 Å². The Balaban J connectivity index is 2.58. The number of carbonyl (C=O) groups excluding carboxylic acids is 2. The molecule has 0 aliphatic carbocycles. The number of primary amides is 1. The minimum atomic E-state index is -0.622. The second-order valence-corrected chi connectivity index (χ2v) is 5.67. The summed E-state index contributed by atoms with van der Waals surface area (Å²) in [5.74, 6) is -0.532. The first kappa shape index (κ1) is 14.9. The predicted molar refractivity (Wildman–Crippen MR) is 67.9 cm³/mol. The number of amides is 2. The first-order chi connectivity index (χ1) is 8.20. The highest BCUT2D eigenvalue weighted by Crippen LogP contribution is 2.10. The van der Waals surface area contributed by atoms with E-state index < -0.39 is 12.0 Å². The molecule has 1 saturated heterocycles. The summed E-state index contributed by atoms with van der Waals surface area (Å²) in [5, 5.41) is 2.92. The van der Waals surface area contributed by atoms with Crippen molar-refractivity contribution in [2.45, 2.75) is 45.4 Å². The maximum absolute atomic E-state index is 12.0. The molecule has 6 heteroatoms. The molecule has 104 valence electrons. The number of nitrogens with two attached hydrogens (primary N) is 1. The van der Waals surface area contributed by atoms with Crippen LogP contribution in [0, 0.1) is 0 Å². The van der Waals surface area contributed by atoms with E-state index in [0.29, 0.717) is 19.7 Å². The van der Waals surface area contributed by atoms with Crippen LogP contribution in [0.3, 0.4) is 0 Å². The van der Waals surface area contributed by atoms with Crippen LogP contribution in [-0.2, 0) is 14.3 Å². The number of nitrogens with zero attached hydrogens (tertiary/aromatic N) is 1. The van der Waals surface area contributed by atoms with Crippen LogP contribution >= 0.6 is 0 Å². The lowest BCUT2D eigenvalue weighted by Crippen LogP contribution is -2.56. The zero-order valence-corrected chi connectivity index (χ0v) is 11.5. The van der Waals surface area contributed by atoms with Gasteiger partial charge in [-0.05, 0) is 27.7 Å². The molecular weight excluding hydrogens is 234 g/mol. The lowest BCUT2D eigenvalue weighted by Gasteiger charge is -2.36. The first-order valence-corrected chi connectivity index (χ1v) is 6.17. The topological polar surface area (TPSA) is 84.7 Å². The van der Waals surface area contributed by atoms with Crippen molar-refractivity contribution in [1.82, 2.24) is 10.2 Å². The number of hydrogen-bond acceptors (Lipinski definition) is 4. The van der Waals surface area contributed by atoms with Crippen LogP contribution in [0.1, 0.15) is 27.7 Å². The SMILES string of the molecule is CC(C(=O)NC(C)(C)C)N1CCOC(C(N)=O)C1. The summed E-state index contributed by atoms with van der Waals surface area (Å²) in [4.78, 5) is 25.0. The Kier molecular flexibility index (Phi) is 4.70. The Morgan fingerprint density at radius 1 is 1.44 bits per heavy atom. The fourth-order valence-electron chi connectivity index (χ4n) is 1.83. The second-order valence-electron chi connectivity index (χ2n) is 5.67. The smallest absolute Gasteiger partial charge is 0.247 e. The van der Waals surface area contributed by atoms with Crippen LogP contribution in [-0.4, -0.2) is 54.1 Å². The molecule has 2 amide bonds. The van der Waals surface area contributed by atoms with Gasteiger partial charge in [-0.25, -0.2) is 0 Å². The highest BCUT2D eigenvalue weighted by atomic mass is 16.5. The van der Waals surface area contributed by atoms with Gasteiger partial charge in [0.2, 0.25) is 11.8 Å². The molecule has 6 nitrogen and oxygen atoms in total. The third-order valence-corrected chi connectivity index (χ3v) is 2.84. The molecule has 1 fully saturated rings. The van der Waals surface area contributed by atoms with Gasteiger partial charge < -0.3 is 15.8 Å². The number of rotatable bonds is 3. The van der Waals surface area contributed by atoms with E-state index in [0.717, 1.165) is 0 Å². The lowest BCUT2D eigenvalue weighted by atomic mass is 10.1. The monoisotopic (exact) mass is 257 g/mol. The van der Waals surface area contributed by atoms with Crippen LogP contribution in [0.25, 0.3) is 0 Å². The van der Waals surface area contributed by atoms with Gasteiger partial charge in [0, 0.05) is 18.6 Å². The minimum Gasteiger partial charge on any atom is -0.367 e. The highest BCUT2D eigenvalue weighted by Gasteiger charge is 2.31. The number of nitrogens with one attached hydrogen (secondary N) is 1. The van der Waals surface area contributed by atoms with E-state index >= 15 is 0 Å². The van der Waals surface area contributed by atoms with Gasteiger partial charge >= 0.3 is 0 Å². The molecule has 3 N–H and O–H groups in total. The van der Waals surface area contributed by atoms with Crippen molar-refractivity contribution < 1.29 is 14.3 Å². The molecule has 1 heterocycles. The summed E-state index contributed by atoms with van der Waals surface area (Å²) in [5.41, 5.74) is 4.95. The fourth-order valence-corrected chi connectivity index (χ4v) is 1.83. The van der Waals surface area contributed by atoms with Gasteiger partial charge in [-0.1, -0.05) is 0 Å². The first-order valence-electron chi connectivity index (χ1n) is 6.17. The maximum atomic E-state index is 12.0. The average molecular weight is 257 g/mol. The number of morpholine rings is 1. The van der Waals surface area contributed by atoms with Gasteiger partial charge in [0.15, 0.2) is 0 Å². The Morgan fingerprint density at radius 3 is 2.56 bits per heavy atom. The minimum absolute atomic E-state index is 0.0485. The predicted octanol–water partition coefficient (Wildman–Crippen LogP) is -0.524. The van der Waals surface area contributed by atoms with E-state index in [-0.39, 0.29) is 17.5 Å². The fraction of sp³-hybridized carbons (Fsp3) is 0.833. The van der Waals surface area contributed by atoms with Crippen molar-refractivity contribution in [1.29, 1.82) is 0 Å². The van der Waals surface area contributed by atoms with Crippen molar-refractivity contribution in [2.75, 3.05) is 19.7 Å². The van der Waals surface area contributed by atoms with Crippen molar-refractivity contribution in [3.05, 3.63) is 0 Å². The number of hydrogen-bond donors (Lipinski definition) is 2. The molecule has 0 aromatic rings. The molecule has 1 aliphatic heterocycles. The molecule has 0 radical (unpaired) electrons.